The summed E-state index contributed by atoms with van der Waals surface area (Å²) in [6.45, 7) is 0.842. The zero-order chi connectivity index (χ0) is 13.8. The average molecular weight is 272 g/mol. The lowest BCUT2D eigenvalue weighted by Crippen LogP contribution is -2.40. The summed E-state index contributed by atoms with van der Waals surface area (Å²) < 4.78 is 0. The number of carbonyl (C=O) groups is 1. The normalized spacial score (nSPS) is 26.0. The van der Waals surface area contributed by atoms with E-state index in [-0.39, 0.29) is 6.03 Å². The molecule has 3 nitrogen and oxygen atoms in total. The number of nitrogens with one attached hydrogen (secondary N) is 2. The molecule has 2 aliphatic rings. The highest BCUT2D eigenvalue weighted by Gasteiger charge is 2.39. The average Bonchev–Trinajstić information content (AvgIpc) is 3.26. The third-order valence-electron chi connectivity index (χ3n) is 4.61. The molecule has 2 amide bonds. The zero-order valence-electron chi connectivity index (χ0n) is 12.0. The van der Waals surface area contributed by atoms with E-state index in [4.69, 9.17) is 0 Å². The first-order valence-electron chi connectivity index (χ1n) is 7.92. The quantitative estimate of drug-likeness (QED) is 0.866. The molecule has 0 aliphatic heterocycles. The second kappa shape index (κ2) is 6.29. The Morgan fingerprint density at radius 3 is 2.60 bits per heavy atom. The summed E-state index contributed by atoms with van der Waals surface area (Å²) in [5, 5.41) is 6.14. The molecular weight excluding hydrogens is 248 g/mol. The molecule has 2 fully saturated rings. The maximum atomic E-state index is 11.9. The van der Waals surface area contributed by atoms with Gasteiger partial charge in [-0.2, -0.15) is 0 Å². The van der Waals surface area contributed by atoms with Crippen LogP contribution < -0.4 is 10.6 Å². The fourth-order valence-corrected chi connectivity index (χ4v) is 3.27. The number of carbonyl (C=O) groups excluding carboxylic acids is 1. The van der Waals surface area contributed by atoms with Crippen LogP contribution in [0.1, 0.15) is 50.0 Å². The number of benzene rings is 1. The minimum Gasteiger partial charge on any atom is -0.338 e. The first kappa shape index (κ1) is 13.5. The van der Waals surface area contributed by atoms with Crippen LogP contribution in [0.3, 0.4) is 0 Å². The van der Waals surface area contributed by atoms with Crippen LogP contribution in [0.25, 0.3) is 0 Å². The molecule has 0 spiro atoms. The third-order valence-corrected chi connectivity index (χ3v) is 4.61. The monoisotopic (exact) mass is 272 g/mol. The van der Waals surface area contributed by atoms with Gasteiger partial charge in [0.2, 0.25) is 0 Å². The second-order valence-corrected chi connectivity index (χ2v) is 6.22. The van der Waals surface area contributed by atoms with Gasteiger partial charge in [0.05, 0.1) is 0 Å². The maximum absolute atomic E-state index is 11.9. The molecule has 0 unspecified atom stereocenters. The van der Waals surface area contributed by atoms with Crippen LogP contribution >= 0.6 is 0 Å². The van der Waals surface area contributed by atoms with Crippen molar-refractivity contribution in [2.75, 3.05) is 6.54 Å². The summed E-state index contributed by atoms with van der Waals surface area (Å²) in [5.41, 5.74) is 1.34. The Labute approximate surface area is 121 Å². The molecule has 0 aromatic heterocycles. The van der Waals surface area contributed by atoms with Crippen molar-refractivity contribution >= 4 is 6.03 Å². The fraction of sp³-hybridized carbons (Fsp3) is 0.588. The Hall–Kier alpha value is -1.51. The van der Waals surface area contributed by atoms with Gasteiger partial charge < -0.3 is 10.6 Å². The van der Waals surface area contributed by atoms with Crippen molar-refractivity contribution in [3.05, 3.63) is 35.9 Å². The van der Waals surface area contributed by atoms with Crippen LogP contribution in [-0.4, -0.2) is 18.6 Å². The first-order chi connectivity index (χ1) is 9.83. The van der Waals surface area contributed by atoms with Gasteiger partial charge >= 0.3 is 6.03 Å². The molecule has 1 aromatic carbocycles. The number of rotatable bonds is 4. The largest absolute Gasteiger partial charge is 0.338 e. The molecule has 0 radical (unpaired) electrons. The molecule has 3 heteroatoms. The summed E-state index contributed by atoms with van der Waals surface area (Å²) in [5.74, 6) is 1.20. The Morgan fingerprint density at radius 1 is 1.10 bits per heavy atom. The molecule has 3 rings (SSSR count). The van der Waals surface area contributed by atoms with E-state index in [9.17, 15) is 4.79 Å². The molecule has 2 N–H and O–H groups in total. The van der Waals surface area contributed by atoms with Gasteiger partial charge in [-0.25, -0.2) is 4.79 Å². The van der Waals surface area contributed by atoms with Crippen LogP contribution in [0.2, 0.25) is 0 Å². The van der Waals surface area contributed by atoms with Gasteiger partial charge in [-0.1, -0.05) is 49.6 Å². The lowest BCUT2D eigenvalue weighted by Gasteiger charge is -2.21. The molecular formula is C17H24N2O. The number of hydrogen-bond donors (Lipinski definition) is 2. The zero-order valence-corrected chi connectivity index (χ0v) is 12.0. The van der Waals surface area contributed by atoms with E-state index in [1.165, 1.54) is 37.7 Å². The Bertz CT molecular complexity index is 440. The van der Waals surface area contributed by atoms with Gasteiger partial charge in [-0.3, -0.25) is 0 Å². The van der Waals surface area contributed by atoms with Gasteiger partial charge in [0.15, 0.2) is 0 Å². The molecule has 0 saturated heterocycles. The highest BCUT2D eigenvalue weighted by Crippen LogP contribution is 2.40. The SMILES string of the molecule is O=C(NCC1CCCCC1)N[C@H]1C[C@@H]1c1ccccc1. The van der Waals surface area contributed by atoms with E-state index >= 15 is 0 Å². The Morgan fingerprint density at radius 2 is 1.85 bits per heavy atom. The van der Waals surface area contributed by atoms with E-state index in [1.807, 2.05) is 6.07 Å². The first-order valence-corrected chi connectivity index (χ1v) is 7.92. The molecule has 20 heavy (non-hydrogen) atoms. The summed E-state index contributed by atoms with van der Waals surface area (Å²) >= 11 is 0. The molecule has 2 atom stereocenters. The second-order valence-electron chi connectivity index (χ2n) is 6.22. The summed E-state index contributed by atoms with van der Waals surface area (Å²) in [4.78, 5) is 11.9. The standard InChI is InChI=1S/C17H24N2O/c20-17(18-12-13-7-3-1-4-8-13)19-16-11-15(16)14-9-5-2-6-10-14/h2,5-6,9-10,13,15-16H,1,3-4,7-8,11-12H2,(H2,18,19,20)/t15-,16+/m1/s1. The topological polar surface area (TPSA) is 41.1 Å². The van der Waals surface area contributed by atoms with E-state index in [0.717, 1.165) is 13.0 Å². The predicted molar refractivity (Wildman–Crippen MR) is 80.7 cm³/mol. The molecule has 0 bridgehead atoms. The van der Waals surface area contributed by atoms with Crippen LogP contribution in [0.15, 0.2) is 30.3 Å². The van der Waals surface area contributed by atoms with Crippen molar-refractivity contribution in [3.63, 3.8) is 0 Å². The highest BCUT2D eigenvalue weighted by molar-refractivity contribution is 5.74. The van der Waals surface area contributed by atoms with Crippen molar-refractivity contribution in [1.29, 1.82) is 0 Å². The maximum Gasteiger partial charge on any atom is 0.315 e. The number of urea groups is 1. The Kier molecular flexibility index (Phi) is 4.24. The van der Waals surface area contributed by atoms with Crippen molar-refractivity contribution in [1.82, 2.24) is 10.6 Å². The number of amides is 2. The van der Waals surface area contributed by atoms with Crippen LogP contribution in [0, 0.1) is 5.92 Å². The van der Waals surface area contributed by atoms with Crippen molar-refractivity contribution in [3.8, 4) is 0 Å². The molecule has 1 aromatic rings. The predicted octanol–water partition coefficient (Wildman–Crippen LogP) is 3.42. The van der Waals surface area contributed by atoms with Gasteiger partial charge in [-0.05, 0) is 30.7 Å². The van der Waals surface area contributed by atoms with Crippen LogP contribution in [0.4, 0.5) is 4.79 Å². The fourth-order valence-electron chi connectivity index (χ4n) is 3.27. The summed E-state index contributed by atoms with van der Waals surface area (Å²) in [6, 6.07) is 10.8. The lowest BCUT2D eigenvalue weighted by molar-refractivity contribution is 0.235. The summed E-state index contributed by atoms with van der Waals surface area (Å²) in [7, 11) is 0. The van der Waals surface area contributed by atoms with Crippen molar-refractivity contribution < 1.29 is 4.79 Å². The van der Waals surface area contributed by atoms with Crippen LogP contribution in [0.5, 0.6) is 0 Å². The van der Waals surface area contributed by atoms with Gasteiger partial charge in [-0.15, -0.1) is 0 Å². The lowest BCUT2D eigenvalue weighted by atomic mass is 9.89. The summed E-state index contributed by atoms with van der Waals surface area (Å²) in [6.07, 6.45) is 7.64. The molecule has 0 heterocycles. The molecule has 2 saturated carbocycles. The highest BCUT2D eigenvalue weighted by atomic mass is 16.2. The van der Waals surface area contributed by atoms with Crippen molar-refractivity contribution in [2.24, 2.45) is 5.92 Å². The van der Waals surface area contributed by atoms with Gasteiger partial charge in [0.1, 0.15) is 0 Å². The molecule has 108 valence electrons. The Balaban J connectivity index is 1.38. The van der Waals surface area contributed by atoms with E-state index in [2.05, 4.69) is 34.9 Å². The molecule has 2 aliphatic carbocycles. The minimum atomic E-state index is 0.0130. The minimum absolute atomic E-state index is 0.0130. The van der Waals surface area contributed by atoms with Gasteiger partial charge in [0.25, 0.3) is 0 Å². The van der Waals surface area contributed by atoms with E-state index < -0.39 is 0 Å². The smallest absolute Gasteiger partial charge is 0.315 e. The van der Waals surface area contributed by atoms with Crippen molar-refractivity contribution in [2.45, 2.75) is 50.5 Å². The third kappa shape index (κ3) is 3.53. The van der Waals surface area contributed by atoms with E-state index in [0.29, 0.717) is 17.9 Å². The number of hydrogen-bond acceptors (Lipinski definition) is 1. The van der Waals surface area contributed by atoms with Gasteiger partial charge in [0, 0.05) is 18.5 Å². The van der Waals surface area contributed by atoms with Crippen LogP contribution in [-0.2, 0) is 0 Å². The van der Waals surface area contributed by atoms with E-state index in [1.54, 1.807) is 0 Å².